The zero-order valence-corrected chi connectivity index (χ0v) is 31.3. The number of thiophene rings is 2. The van der Waals surface area contributed by atoms with E-state index in [4.69, 9.17) is 0 Å². The summed E-state index contributed by atoms with van der Waals surface area (Å²) >= 11 is 3.84. The van der Waals surface area contributed by atoms with Crippen molar-refractivity contribution in [2.24, 2.45) is 0 Å². The maximum atomic E-state index is 2.59. The SMILES string of the molecule is C1=CCCC(n2c3ccccc3c3cc(-c4cccc5sc6c(CN(Cc7ccccc7)c7cccc8c7sc7ccccc78)cccc6c45)ccc32)=C1. The third-order valence-electron chi connectivity index (χ3n) is 11.2. The van der Waals surface area contributed by atoms with Gasteiger partial charge in [-0.15, -0.1) is 22.7 Å². The van der Waals surface area contributed by atoms with Gasteiger partial charge in [-0.1, -0.05) is 127 Å². The average Bonchev–Trinajstić information content (AvgIpc) is 3.91. The lowest BCUT2D eigenvalue weighted by Crippen LogP contribution is -2.22. The second-order valence-corrected chi connectivity index (χ2v) is 16.5. The summed E-state index contributed by atoms with van der Waals surface area (Å²) in [5.41, 5.74) is 10.5. The number of allylic oxidation sites excluding steroid dienone is 4. The van der Waals surface area contributed by atoms with Crippen molar-refractivity contribution in [2.45, 2.75) is 25.9 Å². The molecule has 4 heteroatoms. The van der Waals surface area contributed by atoms with Gasteiger partial charge in [0.2, 0.25) is 0 Å². The van der Waals surface area contributed by atoms with E-state index in [1.807, 2.05) is 22.7 Å². The zero-order valence-electron chi connectivity index (χ0n) is 29.7. The smallest absolute Gasteiger partial charge is 0.0589 e. The van der Waals surface area contributed by atoms with Crippen LogP contribution in [0, 0.1) is 0 Å². The molecule has 10 aromatic rings. The second-order valence-electron chi connectivity index (χ2n) is 14.4. The van der Waals surface area contributed by atoms with Gasteiger partial charge in [0.15, 0.2) is 0 Å². The van der Waals surface area contributed by atoms with E-state index in [1.165, 1.54) is 95.8 Å². The Morgan fingerprint density at radius 2 is 1.30 bits per heavy atom. The first-order chi connectivity index (χ1) is 26.8. The fourth-order valence-electron chi connectivity index (χ4n) is 8.71. The lowest BCUT2D eigenvalue weighted by atomic mass is 9.97. The van der Waals surface area contributed by atoms with Crippen LogP contribution in [0.2, 0.25) is 0 Å². The molecule has 3 heterocycles. The molecule has 0 N–H and O–H groups in total. The highest BCUT2D eigenvalue weighted by Gasteiger charge is 2.20. The van der Waals surface area contributed by atoms with E-state index < -0.39 is 0 Å². The molecule has 0 saturated carbocycles. The van der Waals surface area contributed by atoms with Crippen LogP contribution < -0.4 is 4.90 Å². The van der Waals surface area contributed by atoms with Crippen molar-refractivity contribution in [3.8, 4) is 11.1 Å². The molecule has 0 fully saturated rings. The number of hydrogen-bond acceptors (Lipinski definition) is 3. The summed E-state index contributed by atoms with van der Waals surface area (Å²) in [4.78, 5) is 2.59. The van der Waals surface area contributed by atoms with E-state index in [0.29, 0.717) is 0 Å². The molecule has 0 unspecified atom stereocenters. The standard InChI is InChI=1S/C50H36N2S2/c1-3-14-33(15-4-1)31-51(45-25-12-22-40-39-20-8-10-26-46(39)53-50(40)45)32-35-16-11-23-41-48-37(21-13-27-47(48)54-49(35)41)34-28-29-44-42(30-34)38-19-7-9-24-43(38)52(44)36-17-5-2-6-18-36/h1-5,7-17,19-30H,6,18,31-32H2. The predicted octanol–water partition coefficient (Wildman–Crippen LogP) is 14.6. The highest BCUT2D eigenvalue weighted by Crippen LogP contribution is 2.45. The Hall–Kier alpha value is -5.94. The van der Waals surface area contributed by atoms with Gasteiger partial charge in [-0.25, -0.2) is 0 Å². The number of anilines is 1. The van der Waals surface area contributed by atoms with E-state index in [9.17, 15) is 0 Å². The molecular weight excluding hydrogens is 693 g/mol. The third kappa shape index (κ3) is 5.13. The van der Waals surface area contributed by atoms with Crippen molar-refractivity contribution in [3.63, 3.8) is 0 Å². The Balaban J connectivity index is 1.05. The van der Waals surface area contributed by atoms with Crippen molar-refractivity contribution in [1.29, 1.82) is 0 Å². The first-order valence-electron chi connectivity index (χ1n) is 18.8. The van der Waals surface area contributed by atoms with Crippen molar-refractivity contribution in [3.05, 3.63) is 181 Å². The van der Waals surface area contributed by atoms with Gasteiger partial charge in [0.1, 0.15) is 0 Å². The molecule has 0 aliphatic heterocycles. The Kier molecular flexibility index (Phi) is 7.53. The molecule has 11 rings (SSSR count). The number of rotatable bonds is 7. The van der Waals surface area contributed by atoms with Crippen molar-refractivity contribution < 1.29 is 0 Å². The summed E-state index contributed by atoms with van der Waals surface area (Å²) < 4.78 is 7.87. The van der Waals surface area contributed by atoms with Crippen LogP contribution in [0.25, 0.3) is 79.0 Å². The largest absolute Gasteiger partial charge is 0.362 e. The van der Waals surface area contributed by atoms with Crippen molar-refractivity contribution in [1.82, 2.24) is 4.57 Å². The van der Waals surface area contributed by atoms with Crippen LogP contribution in [-0.2, 0) is 13.1 Å². The minimum absolute atomic E-state index is 0.818. The fourth-order valence-corrected chi connectivity index (χ4v) is 11.2. The highest BCUT2D eigenvalue weighted by atomic mass is 32.1. The normalized spacial score (nSPS) is 13.2. The summed E-state index contributed by atoms with van der Waals surface area (Å²) in [6.07, 6.45) is 8.88. The van der Waals surface area contributed by atoms with Gasteiger partial charge >= 0.3 is 0 Å². The summed E-state index contributed by atoms with van der Waals surface area (Å²) in [6, 6.07) is 56.4. The molecule has 0 saturated heterocycles. The van der Waals surface area contributed by atoms with E-state index in [0.717, 1.165) is 25.9 Å². The first kappa shape index (κ1) is 31.6. The van der Waals surface area contributed by atoms with Crippen LogP contribution in [-0.4, -0.2) is 4.57 Å². The van der Waals surface area contributed by atoms with E-state index >= 15 is 0 Å². The van der Waals surface area contributed by atoms with Crippen LogP contribution in [0.3, 0.4) is 0 Å². The van der Waals surface area contributed by atoms with E-state index in [1.54, 1.807) is 0 Å². The molecule has 0 radical (unpaired) electrons. The summed E-state index contributed by atoms with van der Waals surface area (Å²) in [5.74, 6) is 0. The van der Waals surface area contributed by atoms with Gasteiger partial charge in [-0.2, -0.15) is 0 Å². The molecule has 1 aliphatic carbocycles. The second kappa shape index (κ2) is 12.9. The Morgan fingerprint density at radius 1 is 0.556 bits per heavy atom. The molecule has 7 aromatic carbocycles. The number of fused-ring (bicyclic) bond motifs is 9. The van der Waals surface area contributed by atoms with Gasteiger partial charge in [-0.3, -0.25) is 0 Å². The summed E-state index contributed by atoms with van der Waals surface area (Å²) in [5, 5.41) is 7.98. The molecule has 0 amide bonds. The Bertz CT molecular complexity index is 3120. The zero-order chi connectivity index (χ0) is 35.6. The van der Waals surface area contributed by atoms with Crippen LogP contribution in [0.15, 0.2) is 170 Å². The number of nitrogens with zero attached hydrogens (tertiary/aromatic N) is 2. The maximum Gasteiger partial charge on any atom is 0.0589 e. The molecule has 0 atom stereocenters. The fraction of sp³-hybridized carbons (Fsp3) is 0.0800. The summed E-state index contributed by atoms with van der Waals surface area (Å²) in [7, 11) is 0. The number of para-hydroxylation sites is 1. The molecule has 0 spiro atoms. The van der Waals surface area contributed by atoms with Crippen LogP contribution >= 0.6 is 22.7 Å². The minimum Gasteiger partial charge on any atom is -0.362 e. The average molecular weight is 729 g/mol. The van der Waals surface area contributed by atoms with Crippen LogP contribution in [0.5, 0.6) is 0 Å². The van der Waals surface area contributed by atoms with E-state index in [2.05, 4.69) is 179 Å². The molecule has 54 heavy (non-hydrogen) atoms. The van der Waals surface area contributed by atoms with Crippen molar-refractivity contribution >= 4 is 96.2 Å². The van der Waals surface area contributed by atoms with Crippen LogP contribution in [0.1, 0.15) is 24.0 Å². The Morgan fingerprint density at radius 3 is 2.20 bits per heavy atom. The number of aromatic nitrogens is 1. The molecule has 1 aliphatic rings. The van der Waals surface area contributed by atoms with Gasteiger partial charge in [-0.05, 0) is 77.6 Å². The maximum absolute atomic E-state index is 2.59. The lowest BCUT2D eigenvalue weighted by molar-refractivity contribution is 0.809. The molecule has 258 valence electrons. The minimum atomic E-state index is 0.818. The first-order valence-corrected chi connectivity index (χ1v) is 20.4. The van der Waals surface area contributed by atoms with Gasteiger partial charge in [0.25, 0.3) is 0 Å². The monoisotopic (exact) mass is 728 g/mol. The third-order valence-corrected chi connectivity index (χ3v) is 13.6. The van der Waals surface area contributed by atoms with E-state index in [-0.39, 0.29) is 0 Å². The summed E-state index contributed by atoms with van der Waals surface area (Å²) in [6.45, 7) is 1.65. The van der Waals surface area contributed by atoms with Gasteiger partial charge in [0, 0.05) is 65.2 Å². The molecule has 2 nitrogen and oxygen atoms in total. The molecular formula is C50H36N2S2. The highest BCUT2D eigenvalue weighted by molar-refractivity contribution is 7.26. The van der Waals surface area contributed by atoms with Gasteiger partial charge < -0.3 is 9.47 Å². The Labute approximate surface area is 322 Å². The molecule has 3 aromatic heterocycles. The quantitative estimate of drug-likeness (QED) is 0.159. The van der Waals surface area contributed by atoms with Crippen molar-refractivity contribution in [2.75, 3.05) is 4.90 Å². The number of benzene rings is 7. The molecule has 0 bridgehead atoms. The van der Waals surface area contributed by atoms with Crippen LogP contribution in [0.4, 0.5) is 5.69 Å². The lowest BCUT2D eigenvalue weighted by Gasteiger charge is -2.26. The topological polar surface area (TPSA) is 8.17 Å². The van der Waals surface area contributed by atoms with Gasteiger partial charge in [0.05, 0.1) is 21.4 Å². The number of hydrogen-bond donors (Lipinski definition) is 0. The predicted molar refractivity (Wildman–Crippen MR) is 236 cm³/mol.